The van der Waals surface area contributed by atoms with Gasteiger partial charge in [0.05, 0.1) is 36.6 Å². The molecule has 2 atom stereocenters. The monoisotopic (exact) mass is 365 g/mol. The van der Waals surface area contributed by atoms with Gasteiger partial charge in [0.15, 0.2) is 5.65 Å². The zero-order valence-corrected chi connectivity index (χ0v) is 14.7. The van der Waals surface area contributed by atoms with Gasteiger partial charge in [0, 0.05) is 11.1 Å². The Balaban J connectivity index is 1.44. The molecule has 0 radical (unpaired) electrons. The molecular weight excluding hydrogens is 346 g/mol. The van der Waals surface area contributed by atoms with Crippen LogP contribution in [0.3, 0.4) is 0 Å². The van der Waals surface area contributed by atoms with Crippen LogP contribution < -0.4 is 10.6 Å². The number of H-pyrrole nitrogens is 1. The molecular formula is C18H19N7O2. The number of aliphatic hydroxyl groups is 1. The van der Waals surface area contributed by atoms with Crippen LogP contribution in [0.5, 0.6) is 0 Å². The van der Waals surface area contributed by atoms with Gasteiger partial charge < -0.3 is 20.5 Å². The van der Waals surface area contributed by atoms with Crippen molar-refractivity contribution in [2.24, 2.45) is 0 Å². The third kappa shape index (κ3) is 2.86. The Bertz CT molecular complexity index is 1120. The van der Waals surface area contributed by atoms with Crippen LogP contribution in [0.15, 0.2) is 36.4 Å². The molecule has 0 aliphatic carbocycles. The number of rotatable bonds is 4. The molecule has 9 nitrogen and oxygen atoms in total. The van der Waals surface area contributed by atoms with Crippen LogP contribution in [0.4, 0.5) is 17.5 Å². The summed E-state index contributed by atoms with van der Waals surface area (Å²) in [5, 5.41) is 29.3. The summed E-state index contributed by atoms with van der Waals surface area (Å²) in [6, 6.07) is 11.5. The van der Waals surface area contributed by atoms with Gasteiger partial charge in [0.1, 0.15) is 5.82 Å². The van der Waals surface area contributed by atoms with E-state index in [1.54, 1.807) is 4.52 Å². The van der Waals surface area contributed by atoms with Gasteiger partial charge in [-0.05, 0) is 37.3 Å². The number of aliphatic hydroxyl groups excluding tert-OH is 1. The highest BCUT2D eigenvalue weighted by atomic mass is 16.5. The van der Waals surface area contributed by atoms with Gasteiger partial charge in [0.25, 0.3) is 0 Å². The van der Waals surface area contributed by atoms with E-state index in [9.17, 15) is 5.11 Å². The van der Waals surface area contributed by atoms with Crippen molar-refractivity contribution >= 4 is 34.0 Å². The summed E-state index contributed by atoms with van der Waals surface area (Å²) in [7, 11) is 0. The van der Waals surface area contributed by atoms with Crippen molar-refractivity contribution in [1.29, 1.82) is 0 Å². The third-order valence-electron chi connectivity index (χ3n) is 4.75. The molecule has 3 aromatic heterocycles. The Morgan fingerprint density at radius 1 is 1.26 bits per heavy atom. The number of aromatic amines is 1. The van der Waals surface area contributed by atoms with Crippen molar-refractivity contribution in [1.82, 2.24) is 24.8 Å². The molecule has 4 N–H and O–H groups in total. The van der Waals surface area contributed by atoms with Gasteiger partial charge >= 0.3 is 0 Å². The molecule has 1 fully saturated rings. The van der Waals surface area contributed by atoms with Gasteiger partial charge in [-0.15, -0.1) is 5.10 Å². The molecule has 1 aliphatic rings. The van der Waals surface area contributed by atoms with Crippen molar-refractivity contribution < 1.29 is 9.84 Å². The lowest BCUT2D eigenvalue weighted by Gasteiger charge is -2.16. The minimum absolute atomic E-state index is 0.165. The number of hydrogen-bond donors (Lipinski definition) is 4. The quantitative estimate of drug-likeness (QED) is 0.436. The Hall–Kier alpha value is -3.17. The molecule has 1 aliphatic heterocycles. The number of anilines is 3. The molecule has 138 valence electrons. The molecule has 5 rings (SSSR count). The van der Waals surface area contributed by atoms with E-state index in [-0.39, 0.29) is 6.04 Å². The highest BCUT2D eigenvalue weighted by Crippen LogP contribution is 2.23. The van der Waals surface area contributed by atoms with Crippen molar-refractivity contribution in [3.63, 3.8) is 0 Å². The molecule has 1 aromatic carbocycles. The first kappa shape index (κ1) is 16.0. The van der Waals surface area contributed by atoms with Gasteiger partial charge in [0.2, 0.25) is 5.95 Å². The van der Waals surface area contributed by atoms with E-state index in [1.165, 1.54) is 0 Å². The molecule has 4 heterocycles. The lowest BCUT2D eigenvalue weighted by molar-refractivity contribution is 0.125. The Morgan fingerprint density at radius 2 is 2.19 bits per heavy atom. The number of hydrogen-bond acceptors (Lipinski definition) is 7. The molecule has 27 heavy (non-hydrogen) atoms. The molecule has 0 amide bonds. The number of fused-ring (bicyclic) bond motifs is 2. The summed E-state index contributed by atoms with van der Waals surface area (Å²) in [6.07, 6.45) is -0.536. The number of nitrogens with zero attached hydrogens (tertiary/aromatic N) is 4. The molecule has 2 unspecified atom stereocenters. The van der Waals surface area contributed by atoms with E-state index in [2.05, 4.69) is 30.9 Å². The van der Waals surface area contributed by atoms with Gasteiger partial charge in [-0.25, -0.2) is 0 Å². The molecule has 0 spiro atoms. The maximum Gasteiger partial charge on any atom is 0.247 e. The molecule has 0 saturated carbocycles. The first-order valence-electron chi connectivity index (χ1n) is 8.77. The molecule has 0 bridgehead atoms. The van der Waals surface area contributed by atoms with Crippen LogP contribution in [0.2, 0.25) is 0 Å². The molecule has 4 aromatic rings. The SMILES string of the molecule is Cc1n[nH]c2cc(Nc3nc4cccc(NC5COCC5O)n4n3)ccc12. The van der Waals surface area contributed by atoms with Crippen LogP contribution in [0.25, 0.3) is 16.6 Å². The highest BCUT2D eigenvalue weighted by molar-refractivity contribution is 5.85. The fourth-order valence-corrected chi connectivity index (χ4v) is 3.30. The fraction of sp³-hybridized carbons (Fsp3) is 0.278. The Morgan fingerprint density at radius 3 is 3.04 bits per heavy atom. The van der Waals surface area contributed by atoms with E-state index in [0.29, 0.717) is 24.8 Å². The summed E-state index contributed by atoms with van der Waals surface area (Å²) < 4.78 is 7.01. The number of pyridine rings is 1. The first-order chi connectivity index (χ1) is 13.2. The number of aromatic nitrogens is 5. The smallest absolute Gasteiger partial charge is 0.247 e. The maximum absolute atomic E-state index is 9.96. The number of aryl methyl sites for hydroxylation is 1. The summed E-state index contributed by atoms with van der Waals surface area (Å²) in [5.41, 5.74) is 3.50. The van der Waals surface area contributed by atoms with E-state index in [4.69, 9.17) is 4.74 Å². The Labute approximate surface area is 154 Å². The second-order valence-corrected chi connectivity index (χ2v) is 6.67. The number of ether oxygens (including phenoxy) is 1. The normalized spacial score (nSPS) is 19.8. The zero-order chi connectivity index (χ0) is 18.4. The minimum atomic E-state index is -0.536. The van der Waals surface area contributed by atoms with Crippen LogP contribution in [0, 0.1) is 6.92 Å². The van der Waals surface area contributed by atoms with Crippen LogP contribution in [-0.4, -0.2) is 55.3 Å². The van der Waals surface area contributed by atoms with E-state index in [0.717, 1.165) is 28.1 Å². The highest BCUT2D eigenvalue weighted by Gasteiger charge is 2.26. The average Bonchev–Trinajstić information content (AvgIpc) is 3.35. The Kier molecular flexibility index (Phi) is 3.69. The largest absolute Gasteiger partial charge is 0.388 e. The topological polar surface area (TPSA) is 112 Å². The average molecular weight is 365 g/mol. The minimum Gasteiger partial charge on any atom is -0.388 e. The van der Waals surface area contributed by atoms with E-state index in [1.807, 2.05) is 43.3 Å². The van der Waals surface area contributed by atoms with Gasteiger partial charge in [-0.3, -0.25) is 5.10 Å². The van der Waals surface area contributed by atoms with Crippen molar-refractivity contribution in [3.05, 3.63) is 42.1 Å². The fourth-order valence-electron chi connectivity index (χ4n) is 3.30. The van der Waals surface area contributed by atoms with Crippen LogP contribution in [0.1, 0.15) is 5.69 Å². The van der Waals surface area contributed by atoms with Gasteiger partial charge in [-0.1, -0.05) is 6.07 Å². The second kappa shape index (κ2) is 6.22. The molecule has 9 heteroatoms. The third-order valence-corrected chi connectivity index (χ3v) is 4.75. The number of benzene rings is 1. The first-order valence-corrected chi connectivity index (χ1v) is 8.77. The summed E-state index contributed by atoms with van der Waals surface area (Å²) in [6.45, 7) is 2.77. The standard InChI is InChI=1S/C18H19N7O2/c1-10-12-6-5-11(7-13(12)23-22-10)19-18-21-17-4-2-3-16(25(17)24-18)20-14-8-27-9-15(14)26/h2-7,14-15,20,26H,8-9H2,1H3,(H,19,24)(H,22,23). The second-order valence-electron chi connectivity index (χ2n) is 6.67. The van der Waals surface area contributed by atoms with Crippen LogP contribution >= 0.6 is 0 Å². The summed E-state index contributed by atoms with van der Waals surface area (Å²) in [5.74, 6) is 1.24. The summed E-state index contributed by atoms with van der Waals surface area (Å²) >= 11 is 0. The van der Waals surface area contributed by atoms with E-state index < -0.39 is 6.10 Å². The predicted molar refractivity (Wildman–Crippen MR) is 101 cm³/mol. The van der Waals surface area contributed by atoms with Crippen LogP contribution in [-0.2, 0) is 4.74 Å². The molecule has 1 saturated heterocycles. The predicted octanol–water partition coefficient (Wildman–Crippen LogP) is 1.83. The van der Waals surface area contributed by atoms with Crippen molar-refractivity contribution in [2.75, 3.05) is 23.8 Å². The lowest BCUT2D eigenvalue weighted by Crippen LogP contribution is -2.32. The number of nitrogens with one attached hydrogen (secondary N) is 3. The van der Waals surface area contributed by atoms with Crippen molar-refractivity contribution in [3.8, 4) is 0 Å². The van der Waals surface area contributed by atoms with Crippen molar-refractivity contribution in [2.45, 2.75) is 19.1 Å². The van der Waals surface area contributed by atoms with Gasteiger partial charge in [-0.2, -0.15) is 14.6 Å². The summed E-state index contributed by atoms with van der Waals surface area (Å²) in [4.78, 5) is 4.53. The maximum atomic E-state index is 9.96. The lowest BCUT2D eigenvalue weighted by atomic mass is 10.2. The zero-order valence-electron chi connectivity index (χ0n) is 14.7. The van der Waals surface area contributed by atoms with E-state index >= 15 is 0 Å².